The number of nitrogens with zero attached hydrogens (tertiary/aromatic N) is 3. The molecule has 2 aliphatic rings. The van der Waals surface area contributed by atoms with E-state index < -0.39 is 56.6 Å². The summed E-state index contributed by atoms with van der Waals surface area (Å²) in [5.41, 5.74) is 4.84. The predicted molar refractivity (Wildman–Crippen MR) is 105 cm³/mol. The van der Waals surface area contributed by atoms with Crippen LogP contribution < -0.4 is 11.3 Å². The maximum Gasteiger partial charge on any atom is 0.469 e. The van der Waals surface area contributed by atoms with Crippen LogP contribution in [0.15, 0.2) is 11.1 Å². The summed E-state index contributed by atoms with van der Waals surface area (Å²) in [7, 11) is -4.76. The highest BCUT2D eigenvalue weighted by Crippen LogP contribution is 2.38. The van der Waals surface area contributed by atoms with Crippen LogP contribution in [0, 0.1) is 0 Å². The number of aliphatic hydroxyl groups excluding tert-OH is 2. The first-order chi connectivity index (χ1) is 15.5. The topological polar surface area (TPSA) is 262 Å². The van der Waals surface area contributed by atoms with Crippen LogP contribution in [0.3, 0.4) is 0 Å². The minimum absolute atomic E-state index is 0.0176. The van der Waals surface area contributed by atoms with Crippen LogP contribution in [-0.2, 0) is 28.1 Å². The van der Waals surface area contributed by atoms with E-state index in [1.807, 2.05) is 0 Å². The maximum absolute atomic E-state index is 11.7. The molecule has 2 saturated heterocycles. The molecule has 2 aromatic heterocycles. The Hall–Kier alpha value is -2.47. The molecule has 33 heavy (non-hydrogen) atoms. The first-order valence-corrected chi connectivity index (χ1v) is 10.9. The quantitative estimate of drug-likeness (QED) is 0.203. The number of aromatic amines is 1. The molecule has 0 bridgehead atoms. The number of phosphoric acid groups is 1. The molecular formula is C15H22N5O12P. The van der Waals surface area contributed by atoms with Crippen molar-refractivity contribution in [1.29, 1.82) is 0 Å². The second kappa shape index (κ2) is 10.2. The number of H-pyrrole nitrogens is 1. The number of fused-ring (bicyclic) bond motifs is 1. The standard InChI is InChI=1S/C10H14N5O8P.C5H8O4/c11-10-13-7-4(8(18)14-10)12-2-15(7)9-6(17)5(16)3(23-9)1-22-24(19,20)21;6-5(7)4-3-8-1-2-9-4/h2-3,5-6,9,16-17H,1H2,(H2,19,20,21)(H3,11,13,14,18);4H,1-3H2,(H,6,7)/t3-,5-,6-,9-;/m1./s1. The molecule has 18 heteroatoms. The Morgan fingerprint density at radius 2 is 2.06 bits per heavy atom. The minimum atomic E-state index is -4.76. The van der Waals surface area contributed by atoms with Crippen LogP contribution >= 0.6 is 7.82 Å². The third kappa shape index (κ3) is 6.11. The van der Waals surface area contributed by atoms with Gasteiger partial charge in [0, 0.05) is 0 Å². The highest BCUT2D eigenvalue weighted by molar-refractivity contribution is 7.46. The fourth-order valence-corrected chi connectivity index (χ4v) is 3.37. The van der Waals surface area contributed by atoms with Gasteiger partial charge in [0.25, 0.3) is 5.56 Å². The second-order valence-corrected chi connectivity index (χ2v) is 8.12. The zero-order chi connectivity index (χ0) is 24.3. The van der Waals surface area contributed by atoms with Crippen molar-refractivity contribution in [2.45, 2.75) is 30.6 Å². The first kappa shape index (κ1) is 25.2. The van der Waals surface area contributed by atoms with E-state index in [0.717, 1.165) is 0 Å². The van der Waals surface area contributed by atoms with Gasteiger partial charge in [0.2, 0.25) is 5.95 Å². The lowest BCUT2D eigenvalue weighted by Gasteiger charge is -2.18. The lowest BCUT2D eigenvalue weighted by Crippen LogP contribution is -2.35. The number of phosphoric ester groups is 1. The Balaban J connectivity index is 0.000000286. The number of ether oxygens (including phenoxy) is 3. The largest absolute Gasteiger partial charge is 0.479 e. The van der Waals surface area contributed by atoms with Crippen molar-refractivity contribution in [3.8, 4) is 0 Å². The molecule has 2 fully saturated rings. The molecule has 184 valence electrons. The lowest BCUT2D eigenvalue weighted by molar-refractivity contribution is -0.164. The molecule has 17 nitrogen and oxygen atoms in total. The Bertz CT molecular complexity index is 1080. The van der Waals surface area contributed by atoms with Crippen molar-refractivity contribution in [3.05, 3.63) is 16.7 Å². The Labute approximate surface area is 183 Å². The van der Waals surface area contributed by atoms with Gasteiger partial charge in [-0.1, -0.05) is 0 Å². The molecule has 4 heterocycles. The van der Waals surface area contributed by atoms with E-state index in [1.165, 1.54) is 10.9 Å². The number of hydrogen-bond acceptors (Lipinski definition) is 12. The van der Waals surface area contributed by atoms with E-state index in [-0.39, 0.29) is 23.7 Å². The van der Waals surface area contributed by atoms with Crippen LogP contribution in [0.1, 0.15) is 6.23 Å². The summed E-state index contributed by atoms with van der Waals surface area (Å²) >= 11 is 0. The number of aliphatic carboxylic acids is 1. The molecule has 1 unspecified atom stereocenters. The number of aromatic nitrogens is 4. The number of nitrogen functional groups attached to an aromatic ring is 1. The number of carbonyl (C=O) groups is 1. The lowest BCUT2D eigenvalue weighted by atomic mass is 10.1. The fourth-order valence-electron chi connectivity index (χ4n) is 3.03. The minimum Gasteiger partial charge on any atom is -0.479 e. The van der Waals surface area contributed by atoms with Gasteiger partial charge in [-0.2, -0.15) is 4.98 Å². The number of rotatable bonds is 5. The molecule has 0 aromatic carbocycles. The number of imidazole rings is 1. The van der Waals surface area contributed by atoms with Gasteiger partial charge in [-0.25, -0.2) is 14.3 Å². The molecule has 0 spiro atoms. The normalized spacial score (nSPS) is 27.8. The van der Waals surface area contributed by atoms with Gasteiger partial charge in [0.05, 0.1) is 32.8 Å². The van der Waals surface area contributed by atoms with Crippen molar-refractivity contribution in [2.24, 2.45) is 0 Å². The van der Waals surface area contributed by atoms with Gasteiger partial charge in [0.1, 0.15) is 18.3 Å². The number of anilines is 1. The van der Waals surface area contributed by atoms with E-state index >= 15 is 0 Å². The first-order valence-electron chi connectivity index (χ1n) is 9.34. The van der Waals surface area contributed by atoms with Crippen molar-refractivity contribution in [2.75, 3.05) is 32.2 Å². The summed E-state index contributed by atoms with van der Waals surface area (Å²) in [4.78, 5) is 49.3. The van der Waals surface area contributed by atoms with E-state index in [1.54, 1.807) is 0 Å². The summed E-state index contributed by atoms with van der Waals surface area (Å²) in [6, 6.07) is 0. The molecule has 0 amide bonds. The van der Waals surface area contributed by atoms with Crippen LogP contribution in [0.5, 0.6) is 0 Å². The molecule has 2 aliphatic heterocycles. The Kier molecular flexibility index (Phi) is 7.78. The highest BCUT2D eigenvalue weighted by Gasteiger charge is 2.45. The molecule has 0 saturated carbocycles. The zero-order valence-corrected chi connectivity index (χ0v) is 17.6. The maximum atomic E-state index is 11.7. The summed E-state index contributed by atoms with van der Waals surface area (Å²) in [6.07, 6.45) is -4.97. The van der Waals surface area contributed by atoms with Gasteiger partial charge in [-0.3, -0.25) is 18.9 Å². The fraction of sp³-hybridized carbons (Fsp3) is 0.600. The number of nitrogens with one attached hydrogen (secondary N) is 1. The monoisotopic (exact) mass is 495 g/mol. The molecule has 5 atom stereocenters. The van der Waals surface area contributed by atoms with Crippen LogP contribution in [0.4, 0.5) is 5.95 Å². The predicted octanol–water partition coefficient (Wildman–Crippen LogP) is -3.08. The average Bonchev–Trinajstić information content (AvgIpc) is 3.28. The average molecular weight is 495 g/mol. The molecule has 2 aromatic rings. The Morgan fingerprint density at radius 3 is 2.64 bits per heavy atom. The molecule has 8 N–H and O–H groups in total. The molecule has 0 radical (unpaired) electrons. The molecule has 4 rings (SSSR count). The summed E-state index contributed by atoms with van der Waals surface area (Å²) in [5, 5.41) is 28.4. The highest BCUT2D eigenvalue weighted by atomic mass is 31.2. The van der Waals surface area contributed by atoms with E-state index in [4.69, 9.17) is 34.8 Å². The van der Waals surface area contributed by atoms with Gasteiger partial charge in [0.15, 0.2) is 23.5 Å². The summed E-state index contributed by atoms with van der Waals surface area (Å²) in [6.45, 7) is 0.415. The summed E-state index contributed by atoms with van der Waals surface area (Å²) in [5.74, 6) is -1.13. The number of aliphatic hydroxyl groups is 2. The van der Waals surface area contributed by atoms with Crippen LogP contribution in [0.25, 0.3) is 11.2 Å². The third-order valence-corrected chi connectivity index (χ3v) is 5.05. The molecular weight excluding hydrogens is 473 g/mol. The Morgan fingerprint density at radius 1 is 1.33 bits per heavy atom. The molecule has 0 aliphatic carbocycles. The SMILES string of the molecule is Nc1nc2c(ncn2[C@@H]2O[C@H](COP(=O)(O)O)[C@@H](O)[C@H]2O)c(=O)[nH]1.O=C(O)C1COCCO1. The van der Waals surface area contributed by atoms with Gasteiger partial charge < -0.3 is 45.1 Å². The van der Waals surface area contributed by atoms with E-state index in [0.29, 0.717) is 13.2 Å². The van der Waals surface area contributed by atoms with Crippen LogP contribution in [0.2, 0.25) is 0 Å². The van der Waals surface area contributed by atoms with Gasteiger partial charge >= 0.3 is 13.8 Å². The van der Waals surface area contributed by atoms with Gasteiger partial charge in [-0.15, -0.1) is 0 Å². The smallest absolute Gasteiger partial charge is 0.469 e. The van der Waals surface area contributed by atoms with Gasteiger partial charge in [-0.05, 0) is 0 Å². The number of hydrogen-bond donors (Lipinski definition) is 7. The third-order valence-electron chi connectivity index (χ3n) is 4.56. The van der Waals surface area contributed by atoms with Crippen molar-refractivity contribution < 1.29 is 53.2 Å². The van der Waals surface area contributed by atoms with Crippen molar-refractivity contribution >= 4 is 30.9 Å². The van der Waals surface area contributed by atoms with E-state index in [2.05, 4.69) is 19.5 Å². The van der Waals surface area contributed by atoms with Crippen molar-refractivity contribution in [1.82, 2.24) is 19.5 Å². The van der Waals surface area contributed by atoms with Crippen LogP contribution in [-0.4, -0.2) is 101 Å². The van der Waals surface area contributed by atoms with E-state index in [9.17, 15) is 24.4 Å². The number of carboxylic acid groups (broad SMARTS) is 1. The zero-order valence-electron chi connectivity index (χ0n) is 16.8. The second-order valence-electron chi connectivity index (χ2n) is 6.88. The van der Waals surface area contributed by atoms with Crippen molar-refractivity contribution in [3.63, 3.8) is 0 Å². The number of nitrogens with two attached hydrogens (primary N) is 1. The summed E-state index contributed by atoms with van der Waals surface area (Å²) < 4.78 is 31.2. The number of carboxylic acids is 1.